The molecule has 0 radical (unpaired) electrons. The lowest BCUT2D eigenvalue weighted by Gasteiger charge is -2.39. The lowest BCUT2D eigenvalue weighted by molar-refractivity contribution is -0.0250. The summed E-state index contributed by atoms with van der Waals surface area (Å²) in [7, 11) is -1.44. The number of ether oxygens (including phenoxy) is 3. The van der Waals surface area contributed by atoms with Crippen LogP contribution in [0, 0.1) is 17.0 Å². The largest absolute Gasteiger partial charge is 0.488 e. The number of amides is 1. The van der Waals surface area contributed by atoms with E-state index in [9.17, 15) is 19.5 Å². The number of piperidine rings is 1. The zero-order valence-electron chi connectivity index (χ0n) is 32.4. The van der Waals surface area contributed by atoms with Gasteiger partial charge in [-0.05, 0) is 74.0 Å². The molecule has 11 nitrogen and oxygen atoms in total. The average Bonchev–Trinajstić information content (AvgIpc) is 3.93. The number of aromatic nitrogens is 1. The van der Waals surface area contributed by atoms with Crippen LogP contribution in [0.4, 0.5) is 25.0 Å². The molecule has 1 aliphatic carbocycles. The van der Waals surface area contributed by atoms with Crippen molar-refractivity contribution in [3.8, 4) is 5.75 Å². The molecule has 3 heterocycles. The topological polar surface area (TPSA) is 120 Å². The summed E-state index contributed by atoms with van der Waals surface area (Å²) in [4.78, 5) is 42.6. The molecule has 1 saturated carbocycles. The van der Waals surface area contributed by atoms with Crippen molar-refractivity contribution in [3.05, 3.63) is 99.8 Å². The lowest BCUT2D eigenvalue weighted by Crippen LogP contribution is -2.48. The summed E-state index contributed by atoms with van der Waals surface area (Å²) in [5.74, 6) is -2.14. The standard InChI is InChI=1S/C42H49F2N3O8Si/c1-41(2,3)38(55-56(4)5)36-23-47(40(50)54-36)28-13-14-35(32(44)19-28)53-25-42(51)15-17-45(18-16-42)34-21-33-29(20-31(34)43)37(48)30(22-46(33)27-11-12-27)39(49)52-24-26-9-7-6-8-10-26/h6-10,13-14,19-22,27,36,38,51,56H,11-12,15-18,23-25H2,1-5H3. The Morgan fingerprint density at radius 2 is 1.73 bits per heavy atom. The molecule has 14 heteroatoms. The number of benzene rings is 3. The van der Waals surface area contributed by atoms with Gasteiger partial charge in [0.1, 0.15) is 36.3 Å². The first-order chi connectivity index (χ1) is 26.6. The van der Waals surface area contributed by atoms with Gasteiger partial charge in [0, 0.05) is 36.8 Å². The third-order valence-electron chi connectivity index (χ3n) is 10.7. The maximum atomic E-state index is 15.8. The van der Waals surface area contributed by atoms with Crippen LogP contribution in [-0.4, -0.2) is 74.8 Å². The van der Waals surface area contributed by atoms with Crippen molar-refractivity contribution in [1.29, 1.82) is 0 Å². The summed E-state index contributed by atoms with van der Waals surface area (Å²) in [6, 6.07) is 16.3. The van der Waals surface area contributed by atoms with Gasteiger partial charge in [-0.2, -0.15) is 0 Å². The molecule has 1 amide bonds. The van der Waals surface area contributed by atoms with E-state index in [1.54, 1.807) is 12.1 Å². The number of hydrogen-bond acceptors (Lipinski definition) is 9. The van der Waals surface area contributed by atoms with Crippen LogP contribution < -0.4 is 20.0 Å². The van der Waals surface area contributed by atoms with Gasteiger partial charge < -0.3 is 33.2 Å². The Morgan fingerprint density at radius 3 is 2.38 bits per heavy atom. The van der Waals surface area contributed by atoms with Crippen LogP contribution in [0.3, 0.4) is 0 Å². The average molecular weight is 790 g/mol. The maximum absolute atomic E-state index is 15.8. The minimum Gasteiger partial charge on any atom is -0.488 e. The molecule has 2 unspecified atom stereocenters. The van der Waals surface area contributed by atoms with Crippen molar-refractivity contribution in [3.63, 3.8) is 0 Å². The number of fused-ring (bicyclic) bond motifs is 1. The molecule has 2 saturated heterocycles. The molecule has 3 aliphatic rings. The number of rotatable bonds is 12. The normalized spacial score (nSPS) is 19.0. The predicted molar refractivity (Wildman–Crippen MR) is 211 cm³/mol. The van der Waals surface area contributed by atoms with Crippen molar-refractivity contribution in [2.75, 3.05) is 36.0 Å². The number of hydrogen-bond donors (Lipinski definition) is 1. The van der Waals surface area contributed by atoms with Gasteiger partial charge in [0.2, 0.25) is 5.43 Å². The zero-order valence-corrected chi connectivity index (χ0v) is 33.6. The second-order valence-electron chi connectivity index (χ2n) is 16.5. The van der Waals surface area contributed by atoms with Crippen molar-refractivity contribution >= 4 is 43.4 Å². The number of cyclic esters (lactones) is 1. The highest BCUT2D eigenvalue weighted by Crippen LogP contribution is 2.39. The van der Waals surface area contributed by atoms with Gasteiger partial charge in [-0.1, -0.05) is 51.1 Å². The molecule has 56 heavy (non-hydrogen) atoms. The van der Waals surface area contributed by atoms with E-state index >= 15 is 8.78 Å². The Hall–Kier alpha value is -4.79. The Bertz CT molecular complexity index is 2160. The number of carbonyl (C=O) groups is 2. The lowest BCUT2D eigenvalue weighted by atomic mass is 9.86. The van der Waals surface area contributed by atoms with Gasteiger partial charge in [0.25, 0.3) is 0 Å². The minimum atomic E-state index is -1.44. The minimum absolute atomic E-state index is 0.00699. The summed E-state index contributed by atoms with van der Waals surface area (Å²) >= 11 is 0. The first-order valence-corrected chi connectivity index (χ1v) is 22.0. The van der Waals surface area contributed by atoms with Crippen LogP contribution in [0.15, 0.2) is 71.7 Å². The van der Waals surface area contributed by atoms with Crippen LogP contribution in [0.1, 0.15) is 68.4 Å². The first kappa shape index (κ1) is 39.4. The number of nitrogens with zero attached hydrogens (tertiary/aromatic N) is 3. The third kappa shape index (κ3) is 8.47. The summed E-state index contributed by atoms with van der Waals surface area (Å²) in [5.41, 5.74) is -0.406. The number of anilines is 2. The zero-order chi connectivity index (χ0) is 39.9. The van der Waals surface area contributed by atoms with E-state index in [-0.39, 0.29) is 85.6 Å². The molecule has 7 rings (SSSR count). The van der Waals surface area contributed by atoms with Gasteiger partial charge in [-0.15, -0.1) is 0 Å². The maximum Gasteiger partial charge on any atom is 0.414 e. The third-order valence-corrected chi connectivity index (χ3v) is 11.5. The van der Waals surface area contributed by atoms with E-state index in [1.807, 2.05) is 60.6 Å². The molecule has 298 valence electrons. The van der Waals surface area contributed by atoms with Gasteiger partial charge in [0.15, 0.2) is 20.6 Å². The number of aliphatic hydroxyl groups is 1. The van der Waals surface area contributed by atoms with E-state index in [4.69, 9.17) is 18.6 Å². The Balaban J connectivity index is 0.998. The fourth-order valence-electron chi connectivity index (χ4n) is 7.49. The molecule has 0 spiro atoms. The van der Waals surface area contributed by atoms with E-state index < -0.39 is 49.9 Å². The molecule has 2 atom stereocenters. The van der Waals surface area contributed by atoms with E-state index in [0.717, 1.165) is 18.4 Å². The van der Waals surface area contributed by atoms with Crippen LogP contribution in [0.25, 0.3) is 10.9 Å². The van der Waals surface area contributed by atoms with Crippen molar-refractivity contribution in [2.45, 2.75) is 90.0 Å². The highest BCUT2D eigenvalue weighted by Gasteiger charge is 2.43. The van der Waals surface area contributed by atoms with Crippen molar-refractivity contribution in [2.24, 2.45) is 5.41 Å². The van der Waals surface area contributed by atoms with Crippen molar-refractivity contribution < 1.29 is 42.1 Å². The second kappa shape index (κ2) is 15.6. The Labute approximate surface area is 326 Å². The molecule has 1 N–H and O–H groups in total. The SMILES string of the molecule is C[SiH](C)OC(C1CN(c2ccc(OCC3(O)CCN(c4cc5c(cc4F)c(=O)c(C(=O)OCc4ccccc4)cn5C4CC4)CC3)c(F)c2)C(=O)O1)C(C)(C)C. The van der Waals surface area contributed by atoms with Crippen LogP contribution in [0.5, 0.6) is 5.75 Å². The van der Waals surface area contributed by atoms with Crippen LogP contribution in [0.2, 0.25) is 13.1 Å². The van der Waals surface area contributed by atoms with Crippen LogP contribution >= 0.6 is 0 Å². The van der Waals surface area contributed by atoms with Gasteiger partial charge in [-0.3, -0.25) is 9.69 Å². The molecule has 2 aliphatic heterocycles. The molecule has 4 aromatic rings. The van der Waals surface area contributed by atoms with E-state index in [0.29, 0.717) is 11.2 Å². The number of halogens is 2. The number of carbonyl (C=O) groups excluding carboxylic acids is 2. The smallest absolute Gasteiger partial charge is 0.414 e. The molecular weight excluding hydrogens is 741 g/mol. The highest BCUT2D eigenvalue weighted by atomic mass is 28.3. The van der Waals surface area contributed by atoms with Gasteiger partial charge >= 0.3 is 12.1 Å². The summed E-state index contributed by atoms with van der Waals surface area (Å²) in [6.07, 6.45) is 2.29. The van der Waals surface area contributed by atoms with Crippen molar-refractivity contribution in [1.82, 2.24) is 4.57 Å². The summed E-state index contributed by atoms with van der Waals surface area (Å²) < 4.78 is 56.2. The Morgan fingerprint density at radius 1 is 1.02 bits per heavy atom. The fourth-order valence-corrected chi connectivity index (χ4v) is 8.66. The summed E-state index contributed by atoms with van der Waals surface area (Å²) in [5, 5.41) is 11.5. The number of esters is 1. The molecule has 3 fully saturated rings. The van der Waals surface area contributed by atoms with Crippen LogP contribution in [-0.2, 0) is 20.5 Å². The highest BCUT2D eigenvalue weighted by molar-refractivity contribution is 6.48. The quantitative estimate of drug-likeness (QED) is 0.118. The second-order valence-corrected chi connectivity index (χ2v) is 18.9. The first-order valence-electron chi connectivity index (χ1n) is 19.2. The molecule has 0 bridgehead atoms. The molecule has 1 aromatic heterocycles. The molecule has 3 aromatic carbocycles. The van der Waals surface area contributed by atoms with E-state index in [1.165, 1.54) is 29.3 Å². The summed E-state index contributed by atoms with van der Waals surface area (Å²) in [6.45, 7) is 10.8. The predicted octanol–water partition coefficient (Wildman–Crippen LogP) is 7.12. The Kier molecular flexibility index (Phi) is 11.0. The van der Waals surface area contributed by atoms with Gasteiger partial charge in [0.05, 0.1) is 29.5 Å². The molecular formula is C42H49F2N3O8Si. The fraction of sp³-hybridized carbons (Fsp3) is 0.452. The number of pyridine rings is 1. The van der Waals surface area contributed by atoms with E-state index in [2.05, 4.69) is 13.1 Å². The monoisotopic (exact) mass is 789 g/mol. The van der Waals surface area contributed by atoms with Gasteiger partial charge in [-0.25, -0.2) is 18.4 Å².